The Bertz CT molecular complexity index is 1500. The number of benzene rings is 1. The number of pyridine rings is 1. The van der Waals surface area contributed by atoms with E-state index >= 15 is 0 Å². The molecule has 0 spiro atoms. The zero-order valence-electron chi connectivity index (χ0n) is 22.9. The van der Waals surface area contributed by atoms with Gasteiger partial charge in [-0.05, 0) is 55.2 Å². The molecule has 1 fully saturated rings. The monoisotopic (exact) mass is 610 g/mol. The number of carbonyl (C=O) groups excluding carboxylic acids is 2. The molecule has 1 saturated heterocycles. The van der Waals surface area contributed by atoms with Crippen LogP contribution in [0.3, 0.4) is 0 Å². The van der Waals surface area contributed by atoms with Crippen molar-refractivity contribution >= 4 is 39.5 Å². The first-order valence-electron chi connectivity index (χ1n) is 13.0. The van der Waals surface area contributed by atoms with Crippen molar-refractivity contribution < 1.29 is 40.3 Å². The fraction of sp³-hybridized carbons (Fsp3) is 0.393. The molecular formula is C28H30F4N4O5S. The maximum Gasteiger partial charge on any atom is 0.433 e. The van der Waals surface area contributed by atoms with E-state index in [0.29, 0.717) is 19.3 Å². The molecular weight excluding hydrogens is 580 g/mol. The van der Waals surface area contributed by atoms with Crippen LogP contribution in [0.4, 0.5) is 29.1 Å². The van der Waals surface area contributed by atoms with Gasteiger partial charge in [0.1, 0.15) is 23.4 Å². The van der Waals surface area contributed by atoms with Gasteiger partial charge in [-0.1, -0.05) is 19.3 Å². The number of ether oxygens (including phenoxy) is 1. The fourth-order valence-corrected chi connectivity index (χ4v) is 4.82. The van der Waals surface area contributed by atoms with Crippen molar-refractivity contribution in [3.63, 3.8) is 0 Å². The summed E-state index contributed by atoms with van der Waals surface area (Å²) in [4.78, 5) is 30.5. The first kappa shape index (κ1) is 32.4. The predicted octanol–water partition coefficient (Wildman–Crippen LogP) is 4.23. The van der Waals surface area contributed by atoms with Gasteiger partial charge >= 0.3 is 12.1 Å². The Morgan fingerprint density at radius 3 is 2.67 bits per heavy atom. The van der Waals surface area contributed by atoms with Gasteiger partial charge in [-0.15, -0.1) is 6.42 Å². The van der Waals surface area contributed by atoms with Gasteiger partial charge in [-0.3, -0.25) is 9.52 Å². The van der Waals surface area contributed by atoms with E-state index < -0.39 is 51.3 Å². The molecule has 226 valence electrons. The summed E-state index contributed by atoms with van der Waals surface area (Å²) < 4.78 is 85.3. The van der Waals surface area contributed by atoms with Crippen LogP contribution in [0.5, 0.6) is 0 Å². The predicted molar refractivity (Wildman–Crippen MR) is 149 cm³/mol. The molecule has 0 saturated carbocycles. The van der Waals surface area contributed by atoms with Crippen LogP contribution in [-0.2, 0) is 37.1 Å². The van der Waals surface area contributed by atoms with Crippen molar-refractivity contribution in [3.05, 3.63) is 58.5 Å². The molecule has 1 aliphatic heterocycles. The average Bonchev–Trinajstić information content (AvgIpc) is 3.40. The summed E-state index contributed by atoms with van der Waals surface area (Å²) in [5, 5.41) is 2.51. The Morgan fingerprint density at radius 2 is 2.02 bits per heavy atom. The number of esters is 1. The summed E-state index contributed by atoms with van der Waals surface area (Å²) >= 11 is 0. The Labute approximate surface area is 241 Å². The van der Waals surface area contributed by atoms with E-state index in [4.69, 9.17) is 11.2 Å². The molecule has 1 aliphatic rings. The van der Waals surface area contributed by atoms with Gasteiger partial charge in [0, 0.05) is 24.7 Å². The summed E-state index contributed by atoms with van der Waals surface area (Å²) in [7, 11) is -3.80. The molecule has 1 aromatic carbocycles. The SMILES string of the molecule is C#Cc1cc(CNC(=O)/C=C/c2ccc(C(F)(F)F)nc2N2CCC[C@H]2C(=O)OCCCC)cc(F)c1NS(C)(=O)=O. The second-order valence-corrected chi connectivity index (χ2v) is 11.3. The lowest BCUT2D eigenvalue weighted by atomic mass is 10.1. The highest BCUT2D eigenvalue weighted by Crippen LogP contribution is 2.34. The third-order valence-electron chi connectivity index (χ3n) is 6.21. The zero-order valence-corrected chi connectivity index (χ0v) is 23.7. The molecule has 42 heavy (non-hydrogen) atoms. The quantitative estimate of drug-likeness (QED) is 0.129. The molecule has 14 heteroatoms. The number of amides is 1. The Kier molecular flexibility index (Phi) is 10.6. The number of nitrogens with one attached hydrogen (secondary N) is 2. The molecule has 2 aromatic rings. The number of aromatic nitrogens is 1. The van der Waals surface area contributed by atoms with Crippen molar-refractivity contribution in [1.82, 2.24) is 10.3 Å². The lowest BCUT2D eigenvalue weighted by Crippen LogP contribution is -2.38. The van der Waals surface area contributed by atoms with Crippen molar-refractivity contribution in [2.75, 3.05) is 29.0 Å². The first-order valence-corrected chi connectivity index (χ1v) is 14.9. The van der Waals surface area contributed by atoms with E-state index in [9.17, 15) is 35.6 Å². The van der Waals surface area contributed by atoms with Crippen LogP contribution >= 0.6 is 0 Å². The van der Waals surface area contributed by atoms with Crippen LogP contribution in [0.1, 0.15) is 55.0 Å². The number of terminal acetylenes is 1. The van der Waals surface area contributed by atoms with E-state index in [1.165, 1.54) is 17.0 Å². The maximum atomic E-state index is 14.5. The van der Waals surface area contributed by atoms with Crippen LogP contribution < -0.4 is 14.9 Å². The van der Waals surface area contributed by atoms with Crippen molar-refractivity contribution in [2.45, 2.75) is 51.4 Å². The topological polar surface area (TPSA) is 118 Å². The summed E-state index contributed by atoms with van der Waals surface area (Å²) in [6, 6.07) is 3.45. The average molecular weight is 611 g/mol. The number of nitrogens with zero attached hydrogens (tertiary/aromatic N) is 2. The fourth-order valence-electron chi connectivity index (χ4n) is 4.24. The van der Waals surface area contributed by atoms with E-state index in [0.717, 1.165) is 37.0 Å². The highest BCUT2D eigenvalue weighted by Gasteiger charge is 2.37. The van der Waals surface area contributed by atoms with Crippen LogP contribution in [0.25, 0.3) is 6.08 Å². The van der Waals surface area contributed by atoms with Crippen molar-refractivity contribution in [2.24, 2.45) is 0 Å². The third kappa shape index (κ3) is 8.69. The second-order valence-electron chi connectivity index (χ2n) is 9.55. The molecule has 1 atom stereocenters. The highest BCUT2D eigenvalue weighted by atomic mass is 32.2. The third-order valence-corrected chi connectivity index (χ3v) is 6.78. The summed E-state index contributed by atoms with van der Waals surface area (Å²) in [5.74, 6) is -0.0832. The number of hydrogen-bond acceptors (Lipinski definition) is 7. The number of unbranched alkanes of at least 4 members (excludes halogenated alkanes) is 1. The van der Waals surface area contributed by atoms with Crippen molar-refractivity contribution in [3.8, 4) is 12.3 Å². The Morgan fingerprint density at radius 1 is 1.29 bits per heavy atom. The number of hydrogen-bond donors (Lipinski definition) is 2. The molecule has 0 aliphatic carbocycles. The van der Waals surface area contributed by atoms with Gasteiger partial charge in [0.25, 0.3) is 0 Å². The smallest absolute Gasteiger partial charge is 0.433 e. The summed E-state index contributed by atoms with van der Waals surface area (Å²) in [6.45, 7) is 2.21. The van der Waals surface area contributed by atoms with Gasteiger partial charge in [0.15, 0.2) is 0 Å². The Balaban J connectivity index is 1.81. The minimum atomic E-state index is -4.73. The van der Waals surface area contributed by atoms with Crippen LogP contribution in [0, 0.1) is 18.2 Å². The van der Waals surface area contributed by atoms with Gasteiger partial charge in [0.05, 0.1) is 24.1 Å². The second kappa shape index (κ2) is 13.7. The van der Waals surface area contributed by atoms with Gasteiger partial charge in [0.2, 0.25) is 15.9 Å². The molecule has 0 radical (unpaired) electrons. The van der Waals surface area contributed by atoms with Crippen LogP contribution in [0.2, 0.25) is 0 Å². The molecule has 1 aromatic heterocycles. The number of anilines is 2. The number of sulfonamides is 1. The van der Waals surface area contributed by atoms with Gasteiger partial charge in [-0.2, -0.15) is 13.2 Å². The normalized spacial score (nSPS) is 15.5. The molecule has 0 bridgehead atoms. The van der Waals surface area contributed by atoms with E-state index in [1.54, 1.807) is 0 Å². The van der Waals surface area contributed by atoms with E-state index in [1.807, 2.05) is 11.6 Å². The number of halogens is 4. The Hall–Kier alpha value is -4.12. The molecule has 9 nitrogen and oxygen atoms in total. The van der Waals surface area contributed by atoms with Crippen LogP contribution in [0.15, 0.2) is 30.3 Å². The number of carbonyl (C=O) groups is 2. The van der Waals surface area contributed by atoms with Gasteiger partial charge in [-0.25, -0.2) is 22.6 Å². The summed E-state index contributed by atoms with van der Waals surface area (Å²) in [6.07, 6.45) is 6.19. The molecule has 3 rings (SSSR count). The lowest BCUT2D eigenvalue weighted by Gasteiger charge is -2.26. The minimum absolute atomic E-state index is 0.0749. The zero-order chi connectivity index (χ0) is 31.1. The van der Waals surface area contributed by atoms with E-state index in [2.05, 4.69) is 16.2 Å². The molecule has 1 amide bonds. The lowest BCUT2D eigenvalue weighted by molar-refractivity contribution is -0.145. The maximum absolute atomic E-state index is 14.5. The molecule has 2 N–H and O–H groups in total. The number of rotatable bonds is 11. The van der Waals surface area contributed by atoms with E-state index in [-0.39, 0.29) is 42.2 Å². The largest absolute Gasteiger partial charge is 0.464 e. The minimum Gasteiger partial charge on any atom is -0.464 e. The molecule has 0 unspecified atom stereocenters. The number of alkyl halides is 3. The first-order chi connectivity index (χ1) is 19.7. The molecule has 2 heterocycles. The summed E-state index contributed by atoms with van der Waals surface area (Å²) in [5.41, 5.74) is -1.21. The van der Waals surface area contributed by atoms with Crippen LogP contribution in [-0.4, -0.2) is 50.7 Å². The van der Waals surface area contributed by atoms with Crippen molar-refractivity contribution in [1.29, 1.82) is 0 Å². The van der Waals surface area contributed by atoms with Gasteiger partial charge < -0.3 is 15.0 Å². The highest BCUT2D eigenvalue weighted by molar-refractivity contribution is 7.92. The standard InChI is InChI=1S/C28H30F4N4O5S/c1-4-6-14-41-27(38)22-8-7-13-36(22)26-20(9-11-23(34-26)28(30,31)32)10-12-24(37)33-17-18-15-19(5-2)25(21(29)16-18)35-42(3,39)40/h2,9-12,15-16,22,35H,4,6-8,13-14,17H2,1,3H3,(H,33,37)/b12-10+/t22-/m0/s1.